The van der Waals surface area contributed by atoms with Crippen LogP contribution < -0.4 is 0 Å². The topological polar surface area (TPSA) is 63.8 Å². The molecule has 110 valence electrons. The van der Waals surface area contributed by atoms with E-state index in [0.29, 0.717) is 11.4 Å². The van der Waals surface area contributed by atoms with Crippen LogP contribution in [0.1, 0.15) is 54.8 Å². The molecule has 0 aromatic carbocycles. The Kier molecular flexibility index (Phi) is 4.78. The van der Waals surface area contributed by atoms with E-state index < -0.39 is 6.10 Å². The fraction of sp³-hybridized carbons (Fsp3) is 0.615. The molecule has 2 rings (SSSR count). The first-order chi connectivity index (χ1) is 9.45. The van der Waals surface area contributed by atoms with E-state index in [-0.39, 0.29) is 5.92 Å². The predicted molar refractivity (Wildman–Crippen MR) is 80.3 cm³/mol. The molecule has 0 saturated carbocycles. The highest BCUT2D eigenvalue weighted by Crippen LogP contribution is 2.31. The molecule has 0 saturated heterocycles. The molecule has 0 aliphatic heterocycles. The summed E-state index contributed by atoms with van der Waals surface area (Å²) in [6, 6.07) is 0. The summed E-state index contributed by atoms with van der Waals surface area (Å²) in [5, 5.41) is 19.6. The van der Waals surface area contributed by atoms with Gasteiger partial charge in [0.1, 0.15) is 0 Å². The highest BCUT2D eigenvalue weighted by molar-refractivity contribution is 7.05. The van der Waals surface area contributed by atoms with Gasteiger partial charge >= 0.3 is 0 Å². The van der Waals surface area contributed by atoms with Crippen LogP contribution in [-0.2, 0) is 19.9 Å². The van der Waals surface area contributed by atoms with Gasteiger partial charge in [0.25, 0.3) is 0 Å². The van der Waals surface area contributed by atoms with Gasteiger partial charge in [-0.05, 0) is 23.9 Å². The van der Waals surface area contributed by atoms with Gasteiger partial charge in [0, 0.05) is 13.5 Å². The van der Waals surface area contributed by atoms with E-state index in [2.05, 4.69) is 14.7 Å². The Balaban J connectivity index is 2.26. The van der Waals surface area contributed by atoms with Crippen molar-refractivity contribution in [3.63, 3.8) is 0 Å². The maximum absolute atomic E-state index is 10.5. The molecule has 0 spiro atoms. The van der Waals surface area contributed by atoms with E-state index in [1.54, 1.807) is 4.68 Å². The molecule has 2 aromatic rings. The molecule has 0 aliphatic rings. The third-order valence-corrected chi connectivity index (χ3v) is 4.56. The number of aryl methyl sites for hydroxylation is 2. The van der Waals surface area contributed by atoms with E-state index in [9.17, 15) is 5.11 Å². The molecule has 5 nitrogen and oxygen atoms in total. The smallest absolute Gasteiger partial charge is 0.0972 e. The minimum absolute atomic E-state index is 0.242. The van der Waals surface area contributed by atoms with Crippen molar-refractivity contribution in [3.8, 4) is 0 Å². The second-order valence-electron chi connectivity index (χ2n) is 5.08. The monoisotopic (exact) mass is 314 g/mol. The van der Waals surface area contributed by atoms with Gasteiger partial charge in [-0.1, -0.05) is 36.9 Å². The molecule has 20 heavy (non-hydrogen) atoms. The van der Waals surface area contributed by atoms with Gasteiger partial charge in [0.05, 0.1) is 33.1 Å². The summed E-state index contributed by atoms with van der Waals surface area (Å²) in [6.45, 7) is 6.09. The van der Waals surface area contributed by atoms with Crippen LogP contribution in [-0.4, -0.2) is 24.5 Å². The van der Waals surface area contributed by atoms with Gasteiger partial charge < -0.3 is 5.11 Å². The van der Waals surface area contributed by atoms with Crippen molar-refractivity contribution < 1.29 is 5.11 Å². The summed E-state index contributed by atoms with van der Waals surface area (Å²) in [4.78, 5) is 0.815. The molecule has 1 atom stereocenters. The number of rotatable bonds is 5. The summed E-state index contributed by atoms with van der Waals surface area (Å²) in [5.41, 5.74) is 2.57. The van der Waals surface area contributed by atoms with Gasteiger partial charge in [-0.3, -0.25) is 4.68 Å². The van der Waals surface area contributed by atoms with Crippen LogP contribution in [0.5, 0.6) is 0 Å². The Morgan fingerprint density at radius 2 is 2.10 bits per heavy atom. The second-order valence-corrected chi connectivity index (χ2v) is 6.25. The Morgan fingerprint density at radius 1 is 1.40 bits per heavy atom. The maximum Gasteiger partial charge on any atom is 0.0972 e. The Morgan fingerprint density at radius 3 is 2.65 bits per heavy atom. The molecule has 0 amide bonds. The number of nitrogens with zero attached hydrogens (tertiary/aromatic N) is 4. The fourth-order valence-corrected chi connectivity index (χ4v) is 3.32. The zero-order valence-electron chi connectivity index (χ0n) is 12.1. The minimum Gasteiger partial charge on any atom is -0.387 e. The minimum atomic E-state index is -0.648. The molecular weight excluding hydrogens is 296 g/mol. The van der Waals surface area contributed by atoms with E-state index in [4.69, 9.17) is 11.6 Å². The third kappa shape index (κ3) is 2.87. The summed E-state index contributed by atoms with van der Waals surface area (Å²) in [6.07, 6.45) is 0.554. The number of halogens is 1. The molecule has 0 bridgehead atoms. The molecular formula is C13H19ClN4OS. The van der Waals surface area contributed by atoms with Crippen LogP contribution in [0.4, 0.5) is 0 Å². The number of hydrogen-bond acceptors (Lipinski definition) is 5. The zero-order chi connectivity index (χ0) is 14.9. The van der Waals surface area contributed by atoms with Crippen molar-refractivity contribution in [1.82, 2.24) is 19.4 Å². The molecule has 1 unspecified atom stereocenters. The normalized spacial score (nSPS) is 13.2. The quantitative estimate of drug-likeness (QED) is 0.921. The van der Waals surface area contributed by atoms with Crippen molar-refractivity contribution in [2.75, 3.05) is 0 Å². The van der Waals surface area contributed by atoms with E-state index >= 15 is 0 Å². The number of aliphatic hydroxyl groups is 1. The average molecular weight is 315 g/mol. The number of hydrogen-bond donors (Lipinski definition) is 1. The molecule has 1 N–H and O–H groups in total. The maximum atomic E-state index is 10.5. The van der Waals surface area contributed by atoms with Crippen LogP contribution in [0.25, 0.3) is 0 Å². The Hall–Kier alpha value is -0.980. The predicted octanol–water partition coefficient (Wildman–Crippen LogP) is 2.89. The average Bonchev–Trinajstić information content (AvgIpc) is 2.98. The highest BCUT2D eigenvalue weighted by atomic mass is 35.5. The lowest BCUT2D eigenvalue weighted by Crippen LogP contribution is -2.08. The van der Waals surface area contributed by atoms with E-state index in [1.165, 1.54) is 11.5 Å². The first-order valence-electron chi connectivity index (χ1n) is 6.66. The summed E-state index contributed by atoms with van der Waals surface area (Å²) in [7, 11) is 1.85. The molecule has 7 heteroatoms. The van der Waals surface area contributed by atoms with Crippen LogP contribution in [0.15, 0.2) is 0 Å². The van der Waals surface area contributed by atoms with Crippen molar-refractivity contribution in [3.05, 3.63) is 27.0 Å². The summed E-state index contributed by atoms with van der Waals surface area (Å²) >= 11 is 7.56. The van der Waals surface area contributed by atoms with Crippen molar-refractivity contribution in [1.29, 1.82) is 0 Å². The first kappa shape index (κ1) is 15.4. The first-order valence-corrected chi connectivity index (χ1v) is 7.81. The van der Waals surface area contributed by atoms with Crippen LogP contribution in [0.2, 0.25) is 5.02 Å². The Bertz CT molecular complexity index is 593. The molecule has 0 aliphatic carbocycles. The number of aromatic nitrogens is 4. The molecule has 0 fully saturated rings. The highest BCUT2D eigenvalue weighted by Gasteiger charge is 2.23. The molecule has 2 aromatic heterocycles. The largest absolute Gasteiger partial charge is 0.387 e. The summed E-state index contributed by atoms with van der Waals surface area (Å²) < 4.78 is 5.69. The standard InChI is InChI=1S/C13H19ClN4OS/c1-5-8-11(14)9(18(4)16-8)6-10(19)13-12(7(2)3)15-17-20-13/h7,10,19H,5-6H2,1-4H3. The van der Waals surface area contributed by atoms with Gasteiger partial charge in [-0.25, -0.2) is 0 Å². The van der Waals surface area contributed by atoms with Crippen LogP contribution >= 0.6 is 23.1 Å². The molecule has 2 heterocycles. The SMILES string of the molecule is CCc1nn(C)c(CC(O)c2snnc2C(C)C)c1Cl. The number of aliphatic hydroxyl groups excluding tert-OH is 1. The van der Waals surface area contributed by atoms with Gasteiger partial charge in [-0.15, -0.1) is 5.10 Å². The second kappa shape index (κ2) is 6.20. The van der Waals surface area contributed by atoms with Crippen molar-refractivity contribution in [2.45, 2.75) is 45.6 Å². The summed E-state index contributed by atoms with van der Waals surface area (Å²) in [5.74, 6) is 0.242. The van der Waals surface area contributed by atoms with Crippen LogP contribution in [0.3, 0.4) is 0 Å². The zero-order valence-corrected chi connectivity index (χ0v) is 13.7. The van der Waals surface area contributed by atoms with Gasteiger partial charge in [0.15, 0.2) is 0 Å². The van der Waals surface area contributed by atoms with Gasteiger partial charge in [0.2, 0.25) is 0 Å². The van der Waals surface area contributed by atoms with Crippen LogP contribution in [0, 0.1) is 0 Å². The van der Waals surface area contributed by atoms with Gasteiger partial charge in [-0.2, -0.15) is 5.10 Å². The van der Waals surface area contributed by atoms with Crippen molar-refractivity contribution >= 4 is 23.1 Å². The third-order valence-electron chi connectivity index (χ3n) is 3.28. The van der Waals surface area contributed by atoms with Crippen molar-refractivity contribution in [2.24, 2.45) is 7.05 Å². The lowest BCUT2D eigenvalue weighted by Gasteiger charge is -2.11. The lowest BCUT2D eigenvalue weighted by molar-refractivity contribution is 0.178. The Labute approximate surface area is 127 Å². The fourth-order valence-electron chi connectivity index (χ4n) is 2.15. The van der Waals surface area contributed by atoms with E-state index in [0.717, 1.165) is 28.4 Å². The van der Waals surface area contributed by atoms with E-state index in [1.807, 2.05) is 27.8 Å². The lowest BCUT2D eigenvalue weighted by atomic mass is 10.0. The molecule has 0 radical (unpaired) electrons.